The molecule has 3 aromatic rings. The van der Waals surface area contributed by atoms with Crippen LogP contribution < -0.4 is 14.4 Å². The van der Waals surface area contributed by atoms with Gasteiger partial charge in [-0.05, 0) is 61.4 Å². The molecule has 1 saturated heterocycles. The maximum atomic E-state index is 13.6. The summed E-state index contributed by atoms with van der Waals surface area (Å²) >= 11 is 0. The Labute approximate surface area is 220 Å². The van der Waals surface area contributed by atoms with Gasteiger partial charge in [0, 0.05) is 43.3 Å². The van der Waals surface area contributed by atoms with Crippen molar-refractivity contribution < 1.29 is 23.5 Å². The van der Waals surface area contributed by atoms with E-state index in [0.29, 0.717) is 43.4 Å². The van der Waals surface area contributed by atoms with Crippen LogP contribution in [0.1, 0.15) is 23.2 Å². The molecule has 2 aliphatic rings. The molecule has 0 unspecified atom stereocenters. The highest BCUT2D eigenvalue weighted by molar-refractivity contribution is 5.97. The van der Waals surface area contributed by atoms with Gasteiger partial charge >= 0.3 is 0 Å². The minimum Gasteiger partial charge on any atom is -0.493 e. The highest BCUT2D eigenvalue weighted by atomic mass is 19.1. The fourth-order valence-corrected chi connectivity index (χ4v) is 4.61. The van der Waals surface area contributed by atoms with Gasteiger partial charge in [-0.1, -0.05) is 6.07 Å². The number of carbonyl (C=O) groups is 2. The summed E-state index contributed by atoms with van der Waals surface area (Å²) in [5.41, 5.74) is 1.85. The molecule has 0 spiro atoms. The van der Waals surface area contributed by atoms with E-state index in [9.17, 15) is 14.0 Å². The van der Waals surface area contributed by atoms with Crippen molar-refractivity contribution >= 4 is 17.6 Å². The first kappa shape index (κ1) is 25.4. The van der Waals surface area contributed by atoms with Crippen LogP contribution in [-0.2, 0) is 4.79 Å². The third-order valence-corrected chi connectivity index (χ3v) is 6.91. The van der Waals surface area contributed by atoms with Crippen molar-refractivity contribution in [2.24, 2.45) is 0 Å². The number of hydrogen-bond donors (Lipinski definition) is 0. The fourth-order valence-electron chi connectivity index (χ4n) is 4.61. The number of halogens is 1. The first-order chi connectivity index (χ1) is 18.5. The summed E-state index contributed by atoms with van der Waals surface area (Å²) in [6.07, 6.45) is 1.72. The summed E-state index contributed by atoms with van der Waals surface area (Å²) in [6, 6.07) is 15.1. The van der Waals surface area contributed by atoms with Crippen LogP contribution in [0.3, 0.4) is 0 Å². The summed E-state index contributed by atoms with van der Waals surface area (Å²) < 4.78 is 24.3. The van der Waals surface area contributed by atoms with Gasteiger partial charge in [0.05, 0.1) is 19.9 Å². The van der Waals surface area contributed by atoms with Crippen molar-refractivity contribution in [3.8, 4) is 22.8 Å². The average molecular weight is 520 g/mol. The van der Waals surface area contributed by atoms with Crippen molar-refractivity contribution in [1.82, 2.24) is 20.0 Å². The zero-order valence-electron chi connectivity index (χ0n) is 21.5. The molecular formula is C28H30FN5O4. The summed E-state index contributed by atoms with van der Waals surface area (Å²) in [6.45, 7) is 2.25. The molecule has 0 bridgehead atoms. The van der Waals surface area contributed by atoms with Crippen LogP contribution in [0.15, 0.2) is 54.6 Å². The Morgan fingerprint density at radius 3 is 2.34 bits per heavy atom. The Hall–Kier alpha value is -4.21. The highest BCUT2D eigenvalue weighted by Crippen LogP contribution is 2.32. The van der Waals surface area contributed by atoms with Crippen LogP contribution in [0.2, 0.25) is 0 Å². The van der Waals surface area contributed by atoms with Gasteiger partial charge in [0.15, 0.2) is 17.3 Å². The number of hydrogen-bond acceptors (Lipinski definition) is 7. The van der Waals surface area contributed by atoms with Gasteiger partial charge in [0.25, 0.3) is 5.91 Å². The molecule has 38 heavy (non-hydrogen) atoms. The third-order valence-electron chi connectivity index (χ3n) is 6.91. The lowest BCUT2D eigenvalue weighted by Crippen LogP contribution is -2.52. The summed E-state index contributed by atoms with van der Waals surface area (Å²) in [4.78, 5) is 31.5. The molecular weight excluding hydrogens is 489 g/mol. The van der Waals surface area contributed by atoms with Gasteiger partial charge in [-0.15, -0.1) is 10.2 Å². The monoisotopic (exact) mass is 519 g/mol. The van der Waals surface area contributed by atoms with E-state index in [1.807, 2.05) is 30.3 Å². The van der Waals surface area contributed by atoms with Gasteiger partial charge < -0.3 is 24.2 Å². The Kier molecular flexibility index (Phi) is 7.39. The number of methoxy groups -OCH3 is 2. The predicted molar refractivity (Wildman–Crippen MR) is 140 cm³/mol. The lowest BCUT2D eigenvalue weighted by atomic mass is 10.1. The molecule has 0 atom stereocenters. The van der Waals surface area contributed by atoms with Crippen molar-refractivity contribution in [1.29, 1.82) is 0 Å². The molecule has 2 amide bonds. The maximum absolute atomic E-state index is 13.6. The van der Waals surface area contributed by atoms with E-state index in [4.69, 9.17) is 9.47 Å². The molecule has 1 aliphatic heterocycles. The molecule has 10 heteroatoms. The van der Waals surface area contributed by atoms with E-state index in [2.05, 4.69) is 15.1 Å². The smallest absolute Gasteiger partial charge is 0.254 e. The molecule has 1 saturated carbocycles. The van der Waals surface area contributed by atoms with E-state index < -0.39 is 5.82 Å². The molecule has 2 aromatic carbocycles. The lowest BCUT2D eigenvalue weighted by Gasteiger charge is -2.36. The fraction of sp³-hybridized carbons (Fsp3) is 0.357. The summed E-state index contributed by atoms with van der Waals surface area (Å²) in [5.74, 6) is 1.14. The first-order valence-corrected chi connectivity index (χ1v) is 12.6. The van der Waals surface area contributed by atoms with E-state index in [-0.39, 0.29) is 30.0 Å². The molecule has 5 rings (SSSR count). The molecule has 2 fully saturated rings. The van der Waals surface area contributed by atoms with Crippen LogP contribution in [-0.4, -0.2) is 84.8 Å². The van der Waals surface area contributed by atoms with Crippen LogP contribution >= 0.6 is 0 Å². The van der Waals surface area contributed by atoms with Crippen LogP contribution in [0.5, 0.6) is 11.5 Å². The van der Waals surface area contributed by atoms with E-state index >= 15 is 0 Å². The van der Waals surface area contributed by atoms with Crippen LogP contribution in [0.25, 0.3) is 11.3 Å². The normalized spacial score (nSPS) is 15.2. The number of carbonyl (C=O) groups excluding carboxylic acids is 2. The Morgan fingerprint density at radius 1 is 0.947 bits per heavy atom. The molecule has 0 radical (unpaired) electrons. The largest absolute Gasteiger partial charge is 0.493 e. The van der Waals surface area contributed by atoms with E-state index in [1.165, 1.54) is 18.2 Å². The van der Waals surface area contributed by atoms with Crippen LogP contribution in [0, 0.1) is 5.82 Å². The number of rotatable bonds is 8. The summed E-state index contributed by atoms with van der Waals surface area (Å²) in [7, 11) is 3.18. The zero-order valence-corrected chi connectivity index (χ0v) is 21.5. The number of ether oxygens (including phenoxy) is 2. The van der Waals surface area contributed by atoms with Crippen molar-refractivity contribution in [2.45, 2.75) is 18.9 Å². The van der Waals surface area contributed by atoms with E-state index in [0.717, 1.165) is 24.2 Å². The van der Waals surface area contributed by atoms with Gasteiger partial charge in [-0.25, -0.2) is 4.39 Å². The number of anilines is 1. The van der Waals surface area contributed by atoms with Crippen molar-refractivity contribution in [2.75, 3.05) is 51.8 Å². The molecule has 198 valence electrons. The second kappa shape index (κ2) is 11.0. The number of benzene rings is 2. The molecule has 2 heterocycles. The minimum absolute atomic E-state index is 0.000159. The Balaban J connectivity index is 1.18. The van der Waals surface area contributed by atoms with Crippen LogP contribution in [0.4, 0.5) is 10.2 Å². The summed E-state index contributed by atoms with van der Waals surface area (Å²) in [5, 5.41) is 8.80. The third kappa shape index (κ3) is 5.53. The second-order valence-electron chi connectivity index (χ2n) is 9.39. The maximum Gasteiger partial charge on any atom is 0.254 e. The highest BCUT2D eigenvalue weighted by Gasteiger charge is 2.36. The number of nitrogens with zero attached hydrogens (tertiary/aromatic N) is 5. The SMILES string of the molecule is COc1ccc(-c2ccc(N3CCN(C(=O)CN(C(=O)c4cccc(F)c4)C4CC4)CC3)nn2)cc1OC. The average Bonchev–Trinajstić information content (AvgIpc) is 3.81. The van der Waals surface area contributed by atoms with E-state index in [1.54, 1.807) is 30.1 Å². The number of piperazine rings is 1. The molecule has 9 nitrogen and oxygen atoms in total. The first-order valence-electron chi connectivity index (χ1n) is 12.6. The van der Waals surface area contributed by atoms with Crippen molar-refractivity contribution in [3.63, 3.8) is 0 Å². The van der Waals surface area contributed by atoms with Gasteiger partial charge in [0.1, 0.15) is 12.4 Å². The van der Waals surface area contributed by atoms with Gasteiger partial charge in [0.2, 0.25) is 5.91 Å². The van der Waals surface area contributed by atoms with Gasteiger partial charge in [-0.2, -0.15) is 0 Å². The quantitative estimate of drug-likeness (QED) is 0.452. The molecule has 1 aromatic heterocycles. The second-order valence-corrected chi connectivity index (χ2v) is 9.39. The number of amides is 2. The number of aromatic nitrogens is 2. The molecule has 0 N–H and O–H groups in total. The Bertz CT molecular complexity index is 1310. The van der Waals surface area contributed by atoms with Gasteiger partial charge in [-0.3, -0.25) is 9.59 Å². The Morgan fingerprint density at radius 2 is 1.71 bits per heavy atom. The molecule has 1 aliphatic carbocycles. The lowest BCUT2D eigenvalue weighted by molar-refractivity contribution is -0.132. The topological polar surface area (TPSA) is 88.1 Å². The standard InChI is InChI=1S/C28H30FN5O4/c1-37-24-10-6-19(17-25(24)38-2)23-9-11-26(31-30-23)32-12-14-33(15-13-32)27(35)18-34(22-7-8-22)28(36)20-4-3-5-21(29)16-20/h3-6,9-11,16-17,22H,7-8,12-15,18H2,1-2H3. The minimum atomic E-state index is -0.464. The zero-order chi connectivity index (χ0) is 26.6. The predicted octanol–water partition coefficient (Wildman–Crippen LogP) is 3.25. The van der Waals surface area contributed by atoms with Crippen molar-refractivity contribution in [3.05, 3.63) is 66.0 Å².